The average molecular weight is 236 g/mol. The van der Waals surface area contributed by atoms with E-state index in [2.05, 4.69) is 11.5 Å². The highest BCUT2D eigenvalue weighted by molar-refractivity contribution is 5.41. The van der Waals surface area contributed by atoms with Gasteiger partial charge in [0.15, 0.2) is 0 Å². The topological polar surface area (TPSA) is 56.5 Å². The Bertz CT molecular complexity index is 382. The minimum atomic E-state index is 0.0147. The molecule has 1 aromatic rings. The maximum absolute atomic E-state index is 5.62. The van der Waals surface area contributed by atoms with Gasteiger partial charge in [-0.3, -0.25) is 11.3 Å². The van der Waals surface area contributed by atoms with E-state index in [1.54, 1.807) is 0 Å². The summed E-state index contributed by atoms with van der Waals surface area (Å²) >= 11 is 0. The SMILES string of the molecule is CCOC(C)C(NN)c1ccc2c(c1)CCO2. The van der Waals surface area contributed by atoms with Gasteiger partial charge in [0.05, 0.1) is 18.8 Å². The van der Waals surface area contributed by atoms with Crippen molar-refractivity contribution in [3.05, 3.63) is 29.3 Å². The van der Waals surface area contributed by atoms with E-state index in [4.69, 9.17) is 15.3 Å². The van der Waals surface area contributed by atoms with Gasteiger partial charge in [0.2, 0.25) is 0 Å². The number of hydrazine groups is 1. The molecule has 17 heavy (non-hydrogen) atoms. The molecule has 2 unspecified atom stereocenters. The Morgan fingerprint density at radius 2 is 2.35 bits per heavy atom. The monoisotopic (exact) mass is 236 g/mol. The maximum atomic E-state index is 5.62. The Balaban J connectivity index is 2.19. The van der Waals surface area contributed by atoms with Crippen LogP contribution in [0, 0.1) is 0 Å². The first-order chi connectivity index (χ1) is 8.26. The fourth-order valence-corrected chi connectivity index (χ4v) is 2.26. The lowest BCUT2D eigenvalue weighted by Gasteiger charge is -2.23. The number of hydrogen-bond acceptors (Lipinski definition) is 4. The minimum Gasteiger partial charge on any atom is -0.493 e. The zero-order valence-corrected chi connectivity index (χ0v) is 10.4. The second-order valence-electron chi connectivity index (χ2n) is 4.27. The number of nitrogens with two attached hydrogens (primary N) is 1. The van der Waals surface area contributed by atoms with Crippen molar-refractivity contribution in [1.29, 1.82) is 0 Å². The van der Waals surface area contributed by atoms with Gasteiger partial charge in [-0.1, -0.05) is 12.1 Å². The predicted molar refractivity (Wildman–Crippen MR) is 66.8 cm³/mol. The number of hydrogen-bond donors (Lipinski definition) is 2. The molecule has 1 aliphatic rings. The summed E-state index contributed by atoms with van der Waals surface area (Å²) in [7, 11) is 0. The molecule has 1 aromatic carbocycles. The third-order valence-electron chi connectivity index (χ3n) is 3.15. The lowest BCUT2D eigenvalue weighted by atomic mass is 9.99. The first-order valence-corrected chi connectivity index (χ1v) is 6.09. The lowest BCUT2D eigenvalue weighted by Crippen LogP contribution is -2.36. The van der Waals surface area contributed by atoms with Crippen LogP contribution in [0.3, 0.4) is 0 Å². The summed E-state index contributed by atoms with van der Waals surface area (Å²) in [5.41, 5.74) is 5.23. The number of fused-ring (bicyclic) bond motifs is 1. The molecule has 0 aliphatic carbocycles. The molecule has 4 heteroatoms. The fraction of sp³-hybridized carbons (Fsp3) is 0.538. The molecule has 1 heterocycles. The molecule has 4 nitrogen and oxygen atoms in total. The Morgan fingerprint density at radius 3 is 3.06 bits per heavy atom. The summed E-state index contributed by atoms with van der Waals surface area (Å²) in [6, 6.07) is 6.23. The van der Waals surface area contributed by atoms with Gasteiger partial charge in [0, 0.05) is 13.0 Å². The molecule has 0 amide bonds. The number of ether oxygens (including phenoxy) is 2. The predicted octanol–water partition coefficient (Wildman–Crippen LogP) is 1.55. The van der Waals surface area contributed by atoms with E-state index in [1.165, 1.54) is 5.56 Å². The Hall–Kier alpha value is -1.10. The van der Waals surface area contributed by atoms with E-state index in [0.29, 0.717) is 6.61 Å². The molecule has 0 aromatic heterocycles. The maximum Gasteiger partial charge on any atom is 0.122 e. The lowest BCUT2D eigenvalue weighted by molar-refractivity contribution is 0.0472. The van der Waals surface area contributed by atoms with E-state index < -0.39 is 0 Å². The van der Waals surface area contributed by atoms with Gasteiger partial charge in [-0.05, 0) is 31.0 Å². The van der Waals surface area contributed by atoms with Crippen molar-refractivity contribution in [2.75, 3.05) is 13.2 Å². The molecular formula is C13H20N2O2. The second kappa shape index (κ2) is 5.49. The minimum absolute atomic E-state index is 0.0147. The van der Waals surface area contributed by atoms with Gasteiger partial charge in [-0.25, -0.2) is 0 Å². The zero-order valence-electron chi connectivity index (χ0n) is 10.4. The third-order valence-corrected chi connectivity index (χ3v) is 3.15. The largest absolute Gasteiger partial charge is 0.493 e. The highest BCUT2D eigenvalue weighted by atomic mass is 16.5. The van der Waals surface area contributed by atoms with Crippen LogP contribution in [0.25, 0.3) is 0 Å². The molecule has 0 spiro atoms. The van der Waals surface area contributed by atoms with Gasteiger partial charge in [0.1, 0.15) is 5.75 Å². The fourth-order valence-electron chi connectivity index (χ4n) is 2.26. The van der Waals surface area contributed by atoms with Gasteiger partial charge in [-0.2, -0.15) is 0 Å². The van der Waals surface area contributed by atoms with E-state index in [0.717, 1.165) is 24.3 Å². The van der Waals surface area contributed by atoms with Crippen molar-refractivity contribution in [1.82, 2.24) is 5.43 Å². The van der Waals surface area contributed by atoms with Crippen LogP contribution in [0.1, 0.15) is 31.0 Å². The van der Waals surface area contributed by atoms with Crippen LogP contribution in [0.2, 0.25) is 0 Å². The van der Waals surface area contributed by atoms with Crippen molar-refractivity contribution in [2.45, 2.75) is 32.4 Å². The molecule has 0 saturated heterocycles. The smallest absolute Gasteiger partial charge is 0.122 e. The molecule has 2 atom stereocenters. The summed E-state index contributed by atoms with van der Waals surface area (Å²) in [4.78, 5) is 0. The Labute approximate surface area is 102 Å². The van der Waals surface area contributed by atoms with E-state index in [1.807, 2.05) is 26.0 Å². The number of rotatable bonds is 5. The van der Waals surface area contributed by atoms with Gasteiger partial charge < -0.3 is 9.47 Å². The van der Waals surface area contributed by atoms with Crippen molar-refractivity contribution in [3.63, 3.8) is 0 Å². The summed E-state index contributed by atoms with van der Waals surface area (Å²) in [6.07, 6.45) is 1.02. The van der Waals surface area contributed by atoms with Crippen LogP contribution < -0.4 is 16.0 Å². The van der Waals surface area contributed by atoms with E-state index >= 15 is 0 Å². The second-order valence-corrected chi connectivity index (χ2v) is 4.27. The van der Waals surface area contributed by atoms with Crippen LogP contribution >= 0.6 is 0 Å². The standard InChI is InChI=1S/C13H20N2O2/c1-3-16-9(2)13(15-14)11-4-5-12-10(8-11)6-7-17-12/h4-5,8-9,13,15H,3,6-7,14H2,1-2H3. The highest BCUT2D eigenvalue weighted by Gasteiger charge is 2.21. The van der Waals surface area contributed by atoms with Crippen molar-refractivity contribution in [3.8, 4) is 5.75 Å². The molecule has 1 aliphatic heterocycles. The molecule has 0 radical (unpaired) electrons. The normalized spacial score (nSPS) is 17.4. The van der Waals surface area contributed by atoms with E-state index in [-0.39, 0.29) is 12.1 Å². The Morgan fingerprint density at radius 1 is 1.53 bits per heavy atom. The van der Waals surface area contributed by atoms with Gasteiger partial charge in [0.25, 0.3) is 0 Å². The van der Waals surface area contributed by atoms with Crippen LogP contribution in [0.4, 0.5) is 0 Å². The molecule has 2 rings (SSSR count). The van der Waals surface area contributed by atoms with Crippen molar-refractivity contribution in [2.24, 2.45) is 5.84 Å². The first-order valence-electron chi connectivity index (χ1n) is 6.09. The number of benzene rings is 1. The molecule has 0 bridgehead atoms. The van der Waals surface area contributed by atoms with Crippen molar-refractivity contribution >= 4 is 0 Å². The van der Waals surface area contributed by atoms with Crippen LogP contribution in [0.5, 0.6) is 5.75 Å². The molecule has 0 saturated carbocycles. The van der Waals surface area contributed by atoms with Crippen molar-refractivity contribution < 1.29 is 9.47 Å². The van der Waals surface area contributed by atoms with Gasteiger partial charge >= 0.3 is 0 Å². The third kappa shape index (κ3) is 2.60. The summed E-state index contributed by atoms with van der Waals surface area (Å²) in [5.74, 6) is 6.61. The average Bonchev–Trinajstić information content (AvgIpc) is 2.77. The molecule has 0 fully saturated rings. The highest BCUT2D eigenvalue weighted by Crippen LogP contribution is 2.29. The van der Waals surface area contributed by atoms with E-state index in [9.17, 15) is 0 Å². The molecule has 3 N–H and O–H groups in total. The molecule has 94 valence electrons. The summed E-state index contributed by atoms with van der Waals surface area (Å²) < 4.78 is 11.1. The summed E-state index contributed by atoms with van der Waals surface area (Å²) in [6.45, 7) is 5.48. The number of nitrogens with one attached hydrogen (secondary N) is 1. The van der Waals surface area contributed by atoms with Crippen LogP contribution in [0.15, 0.2) is 18.2 Å². The van der Waals surface area contributed by atoms with Crippen LogP contribution in [-0.2, 0) is 11.2 Å². The first kappa shape index (κ1) is 12.4. The van der Waals surface area contributed by atoms with Gasteiger partial charge in [-0.15, -0.1) is 0 Å². The van der Waals surface area contributed by atoms with Crippen LogP contribution in [-0.4, -0.2) is 19.3 Å². The summed E-state index contributed by atoms with van der Waals surface area (Å²) in [5, 5.41) is 0. The quantitative estimate of drug-likeness (QED) is 0.601. The Kier molecular flexibility index (Phi) is 3.99. The molecular weight excluding hydrogens is 216 g/mol. The zero-order chi connectivity index (χ0) is 12.3.